The zero-order chi connectivity index (χ0) is 14.7. The standard InChI is InChI=1S/C15H13BrFIO2/c1-20-15-5-2-10(16)6-9(15)7-14(19)12-4-3-11(17)8-13(12)18/h2-6,8,14,19H,7H2,1H3. The molecule has 2 aromatic carbocycles. The molecule has 0 saturated heterocycles. The van der Waals surface area contributed by atoms with Crippen LogP contribution in [0.2, 0.25) is 0 Å². The first-order valence-corrected chi connectivity index (χ1v) is 7.84. The molecular formula is C15H13BrFIO2. The number of ether oxygens (including phenoxy) is 1. The molecule has 0 fully saturated rings. The molecule has 0 heterocycles. The van der Waals surface area contributed by atoms with Crippen LogP contribution in [0.3, 0.4) is 0 Å². The van der Waals surface area contributed by atoms with Crippen molar-refractivity contribution >= 4 is 38.5 Å². The molecular weight excluding hydrogens is 438 g/mol. The fourth-order valence-electron chi connectivity index (χ4n) is 2.00. The zero-order valence-electron chi connectivity index (χ0n) is 10.7. The van der Waals surface area contributed by atoms with Crippen molar-refractivity contribution in [3.05, 3.63) is 61.4 Å². The molecule has 1 atom stereocenters. The number of halogens is 3. The van der Waals surface area contributed by atoms with Crippen LogP contribution in [0.5, 0.6) is 5.75 Å². The van der Waals surface area contributed by atoms with Gasteiger partial charge < -0.3 is 9.84 Å². The van der Waals surface area contributed by atoms with Crippen LogP contribution in [0, 0.1) is 9.39 Å². The highest BCUT2D eigenvalue weighted by Crippen LogP contribution is 2.29. The Hall–Kier alpha value is -0.660. The molecule has 0 amide bonds. The lowest BCUT2D eigenvalue weighted by Crippen LogP contribution is -2.05. The van der Waals surface area contributed by atoms with Crippen molar-refractivity contribution in [2.75, 3.05) is 7.11 Å². The molecule has 0 aliphatic carbocycles. The normalized spacial score (nSPS) is 12.2. The summed E-state index contributed by atoms with van der Waals surface area (Å²) in [4.78, 5) is 0. The van der Waals surface area contributed by atoms with E-state index in [1.54, 1.807) is 13.2 Å². The van der Waals surface area contributed by atoms with Crippen LogP contribution in [-0.2, 0) is 6.42 Å². The first-order valence-electron chi connectivity index (χ1n) is 5.96. The highest BCUT2D eigenvalue weighted by atomic mass is 127. The lowest BCUT2D eigenvalue weighted by molar-refractivity contribution is 0.176. The molecule has 2 rings (SSSR count). The Morgan fingerprint density at radius 1 is 1.30 bits per heavy atom. The maximum Gasteiger partial charge on any atom is 0.124 e. The monoisotopic (exact) mass is 450 g/mol. The zero-order valence-corrected chi connectivity index (χ0v) is 14.5. The molecule has 106 valence electrons. The Balaban J connectivity index is 2.27. The number of aliphatic hydroxyl groups excluding tert-OH is 1. The summed E-state index contributed by atoms with van der Waals surface area (Å²) in [6.07, 6.45) is -0.296. The summed E-state index contributed by atoms with van der Waals surface area (Å²) in [6, 6.07) is 10.0. The number of hydrogen-bond acceptors (Lipinski definition) is 2. The highest BCUT2D eigenvalue weighted by Gasteiger charge is 2.15. The van der Waals surface area contributed by atoms with Crippen molar-refractivity contribution < 1.29 is 14.2 Å². The van der Waals surface area contributed by atoms with Gasteiger partial charge in [0.1, 0.15) is 11.6 Å². The van der Waals surface area contributed by atoms with E-state index in [0.717, 1.165) is 15.8 Å². The molecule has 2 aromatic rings. The van der Waals surface area contributed by atoms with Crippen molar-refractivity contribution in [1.29, 1.82) is 0 Å². The van der Waals surface area contributed by atoms with Gasteiger partial charge >= 0.3 is 0 Å². The number of benzene rings is 2. The number of methoxy groups -OCH3 is 1. The fourth-order valence-corrected chi connectivity index (χ4v) is 3.24. The van der Waals surface area contributed by atoms with Crippen LogP contribution in [0.1, 0.15) is 17.2 Å². The van der Waals surface area contributed by atoms with E-state index in [0.29, 0.717) is 15.6 Å². The summed E-state index contributed by atoms with van der Waals surface area (Å²) in [5, 5.41) is 10.4. The van der Waals surface area contributed by atoms with Crippen LogP contribution in [0.4, 0.5) is 4.39 Å². The van der Waals surface area contributed by atoms with Gasteiger partial charge in [-0.1, -0.05) is 22.0 Å². The van der Waals surface area contributed by atoms with Crippen LogP contribution >= 0.6 is 38.5 Å². The van der Waals surface area contributed by atoms with Crippen LogP contribution in [0.15, 0.2) is 40.9 Å². The van der Waals surface area contributed by atoms with E-state index in [2.05, 4.69) is 15.9 Å². The van der Waals surface area contributed by atoms with Gasteiger partial charge in [-0.25, -0.2) is 4.39 Å². The Kier molecular flexibility index (Phi) is 5.40. The van der Waals surface area contributed by atoms with E-state index >= 15 is 0 Å². The number of hydrogen-bond donors (Lipinski definition) is 1. The molecule has 2 nitrogen and oxygen atoms in total. The van der Waals surface area contributed by atoms with Crippen molar-refractivity contribution in [2.24, 2.45) is 0 Å². The Morgan fingerprint density at radius 3 is 2.70 bits per heavy atom. The molecule has 0 aromatic heterocycles. The maximum atomic E-state index is 13.1. The van der Waals surface area contributed by atoms with E-state index in [9.17, 15) is 9.50 Å². The van der Waals surface area contributed by atoms with Gasteiger partial charge in [0, 0.05) is 14.5 Å². The molecule has 1 N–H and O–H groups in total. The average Bonchev–Trinajstić information content (AvgIpc) is 2.38. The van der Waals surface area contributed by atoms with Gasteiger partial charge in [-0.2, -0.15) is 0 Å². The van der Waals surface area contributed by atoms with Crippen LogP contribution in [-0.4, -0.2) is 12.2 Å². The van der Waals surface area contributed by atoms with Gasteiger partial charge in [-0.3, -0.25) is 0 Å². The van der Waals surface area contributed by atoms with Crippen molar-refractivity contribution in [3.8, 4) is 5.75 Å². The first kappa shape index (κ1) is 15.7. The van der Waals surface area contributed by atoms with Crippen molar-refractivity contribution in [3.63, 3.8) is 0 Å². The van der Waals surface area contributed by atoms with E-state index in [1.165, 1.54) is 12.1 Å². The summed E-state index contributed by atoms with van der Waals surface area (Å²) >= 11 is 5.44. The quantitative estimate of drug-likeness (QED) is 0.696. The summed E-state index contributed by atoms with van der Waals surface area (Å²) in [5.41, 5.74) is 1.61. The molecule has 0 bridgehead atoms. The van der Waals surface area contributed by atoms with E-state index in [-0.39, 0.29) is 5.82 Å². The number of rotatable bonds is 4. The van der Waals surface area contributed by atoms with Gasteiger partial charge in [0.05, 0.1) is 13.2 Å². The van der Waals surface area contributed by atoms with Crippen LogP contribution in [0.25, 0.3) is 0 Å². The van der Waals surface area contributed by atoms with Gasteiger partial charge in [-0.15, -0.1) is 0 Å². The molecule has 0 radical (unpaired) electrons. The fraction of sp³-hybridized carbons (Fsp3) is 0.200. The molecule has 0 aliphatic rings. The second-order valence-corrected chi connectivity index (χ2v) is 6.42. The van der Waals surface area contributed by atoms with Gasteiger partial charge in [0.15, 0.2) is 0 Å². The average molecular weight is 451 g/mol. The van der Waals surface area contributed by atoms with Crippen LogP contribution < -0.4 is 4.74 Å². The smallest absolute Gasteiger partial charge is 0.124 e. The van der Waals surface area contributed by atoms with E-state index in [4.69, 9.17) is 4.74 Å². The van der Waals surface area contributed by atoms with Gasteiger partial charge in [-0.05, 0) is 64.0 Å². The SMILES string of the molecule is COc1ccc(Br)cc1CC(O)c1ccc(F)cc1I. The molecule has 0 aliphatic heterocycles. The third-order valence-electron chi connectivity index (χ3n) is 2.98. The minimum Gasteiger partial charge on any atom is -0.496 e. The minimum absolute atomic E-state index is 0.301. The molecule has 0 spiro atoms. The number of aliphatic hydroxyl groups is 1. The molecule has 0 saturated carbocycles. The summed E-state index contributed by atoms with van der Waals surface area (Å²) < 4.78 is 20.0. The van der Waals surface area contributed by atoms with Crippen molar-refractivity contribution in [2.45, 2.75) is 12.5 Å². The van der Waals surface area contributed by atoms with Crippen molar-refractivity contribution in [1.82, 2.24) is 0 Å². The molecule has 1 unspecified atom stereocenters. The summed E-state index contributed by atoms with van der Waals surface area (Å²) in [7, 11) is 1.60. The Bertz CT molecular complexity index is 619. The molecule has 20 heavy (non-hydrogen) atoms. The second-order valence-electron chi connectivity index (χ2n) is 4.34. The predicted molar refractivity (Wildman–Crippen MR) is 88.5 cm³/mol. The second kappa shape index (κ2) is 6.87. The molecule has 5 heteroatoms. The third-order valence-corrected chi connectivity index (χ3v) is 4.40. The summed E-state index contributed by atoms with van der Waals surface area (Å²) in [5.74, 6) is 0.426. The first-order chi connectivity index (χ1) is 9.51. The summed E-state index contributed by atoms with van der Waals surface area (Å²) in [6.45, 7) is 0. The highest BCUT2D eigenvalue weighted by molar-refractivity contribution is 14.1. The van der Waals surface area contributed by atoms with Gasteiger partial charge in [0.25, 0.3) is 0 Å². The van der Waals surface area contributed by atoms with E-state index < -0.39 is 6.10 Å². The third kappa shape index (κ3) is 3.71. The van der Waals surface area contributed by atoms with Gasteiger partial charge in [0.2, 0.25) is 0 Å². The lowest BCUT2D eigenvalue weighted by atomic mass is 10.0. The maximum absolute atomic E-state index is 13.1. The van der Waals surface area contributed by atoms with E-state index in [1.807, 2.05) is 40.8 Å². The lowest BCUT2D eigenvalue weighted by Gasteiger charge is -2.15. The Morgan fingerprint density at radius 2 is 2.05 bits per heavy atom. The largest absolute Gasteiger partial charge is 0.496 e. The minimum atomic E-state index is -0.703. The Labute approximate surface area is 139 Å². The topological polar surface area (TPSA) is 29.5 Å². The predicted octanol–water partition coefficient (Wildman–Crippen LogP) is 4.48.